The van der Waals surface area contributed by atoms with Gasteiger partial charge in [-0.1, -0.05) is 6.92 Å². The molecule has 18 heavy (non-hydrogen) atoms. The third-order valence-corrected chi connectivity index (χ3v) is 5.04. The summed E-state index contributed by atoms with van der Waals surface area (Å²) in [7, 11) is -3.46. The Labute approximate surface area is 121 Å². The highest BCUT2D eigenvalue weighted by Gasteiger charge is 2.27. The zero-order valence-corrected chi connectivity index (χ0v) is 13.1. The molecule has 0 bridgehead atoms. The van der Waals surface area contributed by atoms with Gasteiger partial charge >= 0.3 is 10.2 Å². The van der Waals surface area contributed by atoms with Crippen molar-refractivity contribution in [2.75, 3.05) is 17.8 Å². The van der Waals surface area contributed by atoms with Gasteiger partial charge in [-0.25, -0.2) is 4.98 Å². The van der Waals surface area contributed by atoms with Crippen LogP contribution < -0.4 is 4.72 Å². The van der Waals surface area contributed by atoms with Crippen LogP contribution in [-0.4, -0.2) is 30.8 Å². The molecule has 100 valence electrons. The summed E-state index contributed by atoms with van der Waals surface area (Å²) in [6.45, 7) is 3.24. The maximum atomic E-state index is 12.2. The molecular weight excluding hydrogens is 365 g/mol. The molecule has 1 aromatic heterocycles. The van der Waals surface area contributed by atoms with Crippen LogP contribution in [0.5, 0.6) is 0 Å². The van der Waals surface area contributed by atoms with Crippen molar-refractivity contribution in [3.05, 3.63) is 21.9 Å². The molecule has 1 aromatic rings. The maximum Gasteiger partial charge on any atom is 0.302 e. The van der Waals surface area contributed by atoms with E-state index in [0.717, 1.165) is 16.4 Å². The summed E-state index contributed by atoms with van der Waals surface area (Å²) >= 11 is 2.13. The monoisotopic (exact) mass is 381 g/mol. The second-order valence-electron chi connectivity index (χ2n) is 4.57. The number of aromatic nitrogens is 1. The number of hydrogen-bond acceptors (Lipinski definition) is 3. The Morgan fingerprint density at radius 2 is 2.28 bits per heavy atom. The summed E-state index contributed by atoms with van der Waals surface area (Å²) in [5, 5.41) is 0. The summed E-state index contributed by atoms with van der Waals surface area (Å²) in [6.07, 6.45) is 3.65. The first kappa shape index (κ1) is 14.0. The van der Waals surface area contributed by atoms with Crippen LogP contribution in [0.1, 0.15) is 19.8 Å². The predicted molar refractivity (Wildman–Crippen MR) is 79.5 cm³/mol. The first-order chi connectivity index (χ1) is 8.47. The molecule has 0 aliphatic carbocycles. The van der Waals surface area contributed by atoms with Gasteiger partial charge in [0.1, 0.15) is 5.82 Å². The molecule has 7 heteroatoms. The van der Waals surface area contributed by atoms with E-state index in [4.69, 9.17) is 0 Å². The number of nitrogens with one attached hydrogen (secondary N) is 1. The summed E-state index contributed by atoms with van der Waals surface area (Å²) in [5.74, 6) is 0.786. The normalized spacial score (nSPS) is 21.8. The van der Waals surface area contributed by atoms with Crippen LogP contribution in [0.4, 0.5) is 5.82 Å². The fourth-order valence-corrected chi connectivity index (χ4v) is 3.65. The second-order valence-corrected chi connectivity index (χ2v) is 7.49. The van der Waals surface area contributed by atoms with Gasteiger partial charge in [-0.3, -0.25) is 4.72 Å². The number of halogens is 1. The summed E-state index contributed by atoms with van der Waals surface area (Å²) < 4.78 is 29.3. The SMILES string of the molecule is CC1CCCN(S(=O)(=O)Nc2ccc(I)cn2)C1. The fourth-order valence-electron chi connectivity index (χ4n) is 2.00. The average Bonchev–Trinajstić information content (AvgIpc) is 2.32. The van der Waals surface area contributed by atoms with Gasteiger partial charge in [0, 0.05) is 22.9 Å². The molecule has 0 amide bonds. The number of rotatable bonds is 3. The molecule has 1 aliphatic rings. The van der Waals surface area contributed by atoms with Crippen molar-refractivity contribution in [3.8, 4) is 0 Å². The lowest BCUT2D eigenvalue weighted by atomic mass is 10.0. The van der Waals surface area contributed by atoms with E-state index >= 15 is 0 Å². The van der Waals surface area contributed by atoms with Crippen molar-refractivity contribution >= 4 is 38.6 Å². The Morgan fingerprint density at radius 3 is 2.89 bits per heavy atom. The first-order valence-electron chi connectivity index (χ1n) is 5.87. The van der Waals surface area contributed by atoms with E-state index in [2.05, 4.69) is 39.2 Å². The standard InChI is InChI=1S/C11H16IN3O2S/c1-9-3-2-6-15(8-9)18(16,17)14-11-5-4-10(12)7-13-11/h4-5,7,9H,2-3,6,8H2,1H3,(H,13,14). The van der Waals surface area contributed by atoms with Gasteiger partial charge in [0.2, 0.25) is 0 Å². The molecule has 0 spiro atoms. The van der Waals surface area contributed by atoms with Crippen LogP contribution >= 0.6 is 22.6 Å². The lowest BCUT2D eigenvalue weighted by Crippen LogP contribution is -2.42. The number of pyridine rings is 1. The summed E-state index contributed by atoms with van der Waals surface area (Å²) in [5.41, 5.74) is 0. The maximum absolute atomic E-state index is 12.2. The van der Waals surface area contributed by atoms with E-state index in [0.29, 0.717) is 24.8 Å². The van der Waals surface area contributed by atoms with Crippen molar-refractivity contribution < 1.29 is 8.42 Å². The molecule has 1 N–H and O–H groups in total. The van der Waals surface area contributed by atoms with Crippen LogP contribution in [0.3, 0.4) is 0 Å². The molecular formula is C11H16IN3O2S. The van der Waals surface area contributed by atoms with Crippen LogP contribution in [0, 0.1) is 9.49 Å². The van der Waals surface area contributed by atoms with E-state index in [9.17, 15) is 8.42 Å². The third kappa shape index (κ3) is 3.55. The lowest BCUT2D eigenvalue weighted by molar-refractivity contribution is 0.282. The van der Waals surface area contributed by atoms with Gasteiger partial charge in [-0.05, 0) is 53.5 Å². The Kier molecular flexibility index (Phi) is 4.44. The van der Waals surface area contributed by atoms with Crippen molar-refractivity contribution in [2.24, 2.45) is 5.92 Å². The second kappa shape index (κ2) is 5.70. The minimum absolute atomic E-state index is 0.369. The van der Waals surface area contributed by atoms with Crippen molar-refractivity contribution in [1.29, 1.82) is 0 Å². The fraction of sp³-hybridized carbons (Fsp3) is 0.545. The van der Waals surface area contributed by atoms with E-state index in [1.807, 2.05) is 6.07 Å². The van der Waals surface area contributed by atoms with E-state index < -0.39 is 10.2 Å². The van der Waals surface area contributed by atoms with Gasteiger partial charge < -0.3 is 0 Å². The Morgan fingerprint density at radius 1 is 1.50 bits per heavy atom. The van der Waals surface area contributed by atoms with Crippen molar-refractivity contribution in [2.45, 2.75) is 19.8 Å². The van der Waals surface area contributed by atoms with Crippen LogP contribution in [-0.2, 0) is 10.2 Å². The predicted octanol–water partition coefficient (Wildman–Crippen LogP) is 2.07. The number of hydrogen-bond donors (Lipinski definition) is 1. The highest BCUT2D eigenvalue weighted by Crippen LogP contribution is 2.19. The topological polar surface area (TPSA) is 62.3 Å². The molecule has 2 heterocycles. The van der Waals surface area contributed by atoms with E-state index in [1.54, 1.807) is 12.3 Å². The molecule has 2 rings (SSSR count). The lowest BCUT2D eigenvalue weighted by Gasteiger charge is -2.29. The number of piperidine rings is 1. The smallest absolute Gasteiger partial charge is 0.254 e. The molecule has 0 radical (unpaired) electrons. The Hall–Kier alpha value is -0.410. The van der Waals surface area contributed by atoms with Crippen molar-refractivity contribution in [3.63, 3.8) is 0 Å². The van der Waals surface area contributed by atoms with Crippen molar-refractivity contribution in [1.82, 2.24) is 9.29 Å². The Balaban J connectivity index is 2.09. The molecule has 1 fully saturated rings. The first-order valence-corrected chi connectivity index (χ1v) is 8.39. The summed E-state index contributed by atoms with van der Waals surface area (Å²) in [6, 6.07) is 3.50. The van der Waals surface area contributed by atoms with Gasteiger partial charge in [0.25, 0.3) is 0 Å². The molecule has 1 atom stereocenters. The highest BCUT2D eigenvalue weighted by molar-refractivity contribution is 14.1. The molecule has 0 saturated carbocycles. The number of anilines is 1. The minimum atomic E-state index is -3.46. The van der Waals surface area contributed by atoms with Crippen LogP contribution in [0.25, 0.3) is 0 Å². The molecule has 1 unspecified atom stereocenters. The van der Waals surface area contributed by atoms with E-state index in [1.165, 1.54) is 4.31 Å². The van der Waals surface area contributed by atoms with Gasteiger partial charge in [-0.15, -0.1) is 0 Å². The minimum Gasteiger partial charge on any atom is -0.254 e. The van der Waals surface area contributed by atoms with Crippen LogP contribution in [0.15, 0.2) is 18.3 Å². The zero-order chi connectivity index (χ0) is 13.2. The third-order valence-electron chi connectivity index (χ3n) is 2.92. The quantitative estimate of drug-likeness (QED) is 0.816. The van der Waals surface area contributed by atoms with Gasteiger partial charge in [-0.2, -0.15) is 12.7 Å². The largest absolute Gasteiger partial charge is 0.302 e. The van der Waals surface area contributed by atoms with Gasteiger partial charge in [0.15, 0.2) is 0 Å². The highest BCUT2D eigenvalue weighted by atomic mass is 127. The van der Waals surface area contributed by atoms with Gasteiger partial charge in [0.05, 0.1) is 0 Å². The zero-order valence-electron chi connectivity index (χ0n) is 10.1. The Bertz CT molecular complexity index is 504. The van der Waals surface area contributed by atoms with Crippen LogP contribution in [0.2, 0.25) is 0 Å². The van der Waals surface area contributed by atoms with E-state index in [-0.39, 0.29) is 0 Å². The summed E-state index contributed by atoms with van der Waals surface area (Å²) in [4.78, 5) is 4.05. The molecule has 0 aromatic carbocycles. The average molecular weight is 381 g/mol. The molecule has 1 saturated heterocycles. The molecule has 1 aliphatic heterocycles. The number of nitrogens with zero attached hydrogens (tertiary/aromatic N) is 2. The molecule has 5 nitrogen and oxygen atoms in total.